The average Bonchev–Trinajstić information content (AvgIpc) is 3.05. The molecule has 0 fully saturated rings. The van der Waals surface area contributed by atoms with Gasteiger partial charge in [-0.15, -0.1) is 11.8 Å². The predicted octanol–water partition coefficient (Wildman–Crippen LogP) is 9.38. The number of aryl methyl sites for hydroxylation is 1. The average molecular weight is 587 g/mol. The van der Waals surface area contributed by atoms with Gasteiger partial charge >= 0.3 is 5.97 Å². The minimum atomic E-state index is -0.995. The van der Waals surface area contributed by atoms with E-state index < -0.39 is 5.97 Å². The van der Waals surface area contributed by atoms with Crippen LogP contribution in [0.5, 0.6) is 5.75 Å². The monoisotopic (exact) mass is 586 g/mol. The zero-order valence-electron chi connectivity index (χ0n) is 24.3. The summed E-state index contributed by atoms with van der Waals surface area (Å²) in [6.07, 6.45) is 0. The van der Waals surface area contributed by atoms with Crippen LogP contribution >= 0.6 is 11.8 Å². The molecule has 4 nitrogen and oxygen atoms in total. The van der Waals surface area contributed by atoms with Crippen molar-refractivity contribution in [2.24, 2.45) is 0 Å². The molecule has 0 bridgehead atoms. The molecule has 0 aliphatic carbocycles. The van der Waals surface area contributed by atoms with Gasteiger partial charge in [0.25, 0.3) is 0 Å². The van der Waals surface area contributed by atoms with Gasteiger partial charge in [-0.3, -0.25) is 0 Å². The van der Waals surface area contributed by atoms with Crippen LogP contribution in [0.4, 0.5) is 0 Å². The lowest BCUT2D eigenvalue weighted by Crippen LogP contribution is -2.10. The molecule has 5 rings (SSSR count). The normalized spacial score (nSPS) is 10.7. The molecule has 1 N–H and O–H groups in total. The van der Waals surface area contributed by atoms with Crippen molar-refractivity contribution in [1.82, 2.24) is 0 Å². The molecule has 0 aliphatic heterocycles. The SMILES string of the molecule is CCOC(CSc1ccc(OCC(=O)O)c(C)c1)=C(c1ccc(-c2ccccc2)cc1)c1ccc(-c2ccccc2)cc1. The highest BCUT2D eigenvalue weighted by atomic mass is 32.2. The van der Waals surface area contributed by atoms with Crippen LogP contribution in [-0.4, -0.2) is 30.0 Å². The van der Waals surface area contributed by atoms with E-state index in [1.54, 1.807) is 11.8 Å². The number of benzene rings is 5. The minimum absolute atomic E-state index is 0.361. The molecule has 216 valence electrons. The Morgan fingerprint density at radius 2 is 1.21 bits per heavy atom. The molecule has 0 saturated heterocycles. The van der Waals surface area contributed by atoms with E-state index in [1.165, 1.54) is 11.1 Å². The van der Waals surface area contributed by atoms with Gasteiger partial charge in [0, 0.05) is 10.5 Å². The number of carbonyl (C=O) groups is 1. The fourth-order valence-corrected chi connectivity index (χ4v) is 5.88. The second-order valence-corrected chi connectivity index (χ2v) is 11.1. The van der Waals surface area contributed by atoms with Crippen LogP contribution in [0.15, 0.2) is 138 Å². The third-order valence-electron chi connectivity index (χ3n) is 7.03. The lowest BCUT2D eigenvalue weighted by atomic mass is 9.93. The van der Waals surface area contributed by atoms with E-state index in [9.17, 15) is 4.79 Å². The number of ether oxygens (including phenoxy) is 2. The minimum Gasteiger partial charge on any atom is -0.497 e. The molecule has 5 aromatic rings. The molecule has 0 amide bonds. The maximum Gasteiger partial charge on any atom is 0.341 e. The lowest BCUT2D eigenvalue weighted by Gasteiger charge is -2.18. The summed E-state index contributed by atoms with van der Waals surface area (Å²) in [4.78, 5) is 12.0. The molecule has 0 atom stereocenters. The van der Waals surface area contributed by atoms with Gasteiger partial charge in [-0.1, -0.05) is 109 Å². The smallest absolute Gasteiger partial charge is 0.341 e. The number of thioether (sulfide) groups is 1. The van der Waals surface area contributed by atoms with E-state index in [0.29, 0.717) is 18.1 Å². The molecule has 0 heterocycles. The van der Waals surface area contributed by atoms with Gasteiger partial charge in [0.2, 0.25) is 0 Å². The molecule has 0 aliphatic rings. The van der Waals surface area contributed by atoms with Crippen molar-refractivity contribution in [3.8, 4) is 28.0 Å². The van der Waals surface area contributed by atoms with Gasteiger partial charge in [0.05, 0.1) is 12.4 Å². The van der Waals surface area contributed by atoms with Crippen LogP contribution in [0.1, 0.15) is 23.6 Å². The second kappa shape index (κ2) is 14.4. The van der Waals surface area contributed by atoms with Crippen LogP contribution in [0.3, 0.4) is 0 Å². The van der Waals surface area contributed by atoms with Crippen LogP contribution in [0.2, 0.25) is 0 Å². The van der Waals surface area contributed by atoms with Crippen molar-refractivity contribution in [2.75, 3.05) is 19.0 Å². The zero-order chi connectivity index (χ0) is 30.0. The van der Waals surface area contributed by atoms with Crippen LogP contribution in [0.25, 0.3) is 27.8 Å². The van der Waals surface area contributed by atoms with E-state index in [2.05, 4.69) is 97.1 Å². The molecular formula is C38H34O4S. The van der Waals surface area contributed by atoms with Gasteiger partial charge < -0.3 is 14.6 Å². The fraction of sp³-hybridized carbons (Fsp3) is 0.132. The van der Waals surface area contributed by atoms with E-state index in [0.717, 1.165) is 44.0 Å². The maximum atomic E-state index is 10.9. The first-order valence-electron chi connectivity index (χ1n) is 14.3. The molecule has 0 radical (unpaired) electrons. The highest BCUT2D eigenvalue weighted by molar-refractivity contribution is 7.99. The summed E-state index contributed by atoms with van der Waals surface area (Å²) in [7, 11) is 0. The van der Waals surface area contributed by atoms with Gasteiger partial charge in [0.15, 0.2) is 6.61 Å². The number of hydrogen-bond donors (Lipinski definition) is 1. The van der Waals surface area contributed by atoms with Crippen molar-refractivity contribution in [2.45, 2.75) is 18.7 Å². The van der Waals surface area contributed by atoms with Crippen molar-refractivity contribution < 1.29 is 19.4 Å². The van der Waals surface area contributed by atoms with Crippen molar-refractivity contribution >= 4 is 23.3 Å². The lowest BCUT2D eigenvalue weighted by molar-refractivity contribution is -0.139. The summed E-state index contributed by atoms with van der Waals surface area (Å²) >= 11 is 1.68. The maximum absolute atomic E-state index is 10.9. The van der Waals surface area contributed by atoms with Crippen LogP contribution < -0.4 is 4.74 Å². The summed E-state index contributed by atoms with van der Waals surface area (Å²) in [5.41, 5.74) is 8.81. The van der Waals surface area contributed by atoms with E-state index in [1.807, 2.05) is 44.2 Å². The van der Waals surface area contributed by atoms with Crippen molar-refractivity contribution in [3.63, 3.8) is 0 Å². The standard InChI is InChI=1S/C38H34O4S/c1-3-41-36(26-43-34-22-23-35(27(2)24-34)42-25-37(39)40)38(32-18-14-30(15-19-32)28-10-6-4-7-11-28)33-20-16-31(17-21-33)29-12-8-5-9-13-29/h4-24H,3,25-26H2,1-2H3,(H,39,40). The number of carboxylic acid groups (broad SMARTS) is 1. The summed E-state index contributed by atoms with van der Waals surface area (Å²) in [6.45, 7) is 4.12. The Kier molecular flexibility index (Phi) is 9.98. The molecule has 0 unspecified atom stereocenters. The van der Waals surface area contributed by atoms with Crippen molar-refractivity contribution in [1.29, 1.82) is 0 Å². The summed E-state index contributed by atoms with van der Waals surface area (Å²) < 4.78 is 11.8. The first-order chi connectivity index (χ1) is 21.0. The highest BCUT2D eigenvalue weighted by Gasteiger charge is 2.16. The molecule has 5 aromatic carbocycles. The summed E-state index contributed by atoms with van der Waals surface area (Å²) in [5, 5.41) is 8.95. The van der Waals surface area contributed by atoms with Gasteiger partial charge in [0.1, 0.15) is 11.5 Å². The largest absolute Gasteiger partial charge is 0.497 e. The summed E-state index contributed by atoms with van der Waals surface area (Å²) in [6, 6.07) is 43.9. The van der Waals surface area contributed by atoms with E-state index in [4.69, 9.17) is 14.6 Å². The second-order valence-electron chi connectivity index (χ2n) is 10.0. The molecule has 0 aromatic heterocycles. The van der Waals surface area contributed by atoms with Gasteiger partial charge in [-0.05, 0) is 71.0 Å². The molecule has 0 saturated carbocycles. The number of hydrogen-bond acceptors (Lipinski definition) is 4. The first kappa shape index (κ1) is 29.7. The Morgan fingerprint density at radius 1 is 0.698 bits per heavy atom. The Labute approximate surface area is 257 Å². The first-order valence-corrected chi connectivity index (χ1v) is 15.3. The Morgan fingerprint density at radius 3 is 1.67 bits per heavy atom. The molecule has 43 heavy (non-hydrogen) atoms. The number of rotatable bonds is 12. The topological polar surface area (TPSA) is 55.8 Å². The molecular weight excluding hydrogens is 552 g/mol. The number of aliphatic carboxylic acids is 1. The summed E-state index contributed by atoms with van der Waals surface area (Å²) in [5.74, 6) is 1.10. The Balaban J connectivity index is 1.50. The molecule has 5 heteroatoms. The molecule has 0 spiro atoms. The Bertz CT molecular complexity index is 1590. The third-order valence-corrected chi connectivity index (χ3v) is 8.02. The fourth-order valence-electron chi connectivity index (χ4n) is 4.93. The highest BCUT2D eigenvalue weighted by Crippen LogP contribution is 2.35. The Hall–Kier alpha value is -4.74. The van der Waals surface area contributed by atoms with Gasteiger partial charge in [-0.2, -0.15) is 0 Å². The van der Waals surface area contributed by atoms with Crippen LogP contribution in [-0.2, 0) is 9.53 Å². The van der Waals surface area contributed by atoms with Crippen molar-refractivity contribution in [3.05, 3.63) is 150 Å². The number of carboxylic acids is 1. The quantitative estimate of drug-likeness (QED) is 0.117. The van der Waals surface area contributed by atoms with E-state index in [-0.39, 0.29) is 6.61 Å². The predicted molar refractivity (Wildman–Crippen MR) is 176 cm³/mol. The third kappa shape index (κ3) is 7.76. The van der Waals surface area contributed by atoms with Gasteiger partial charge in [-0.25, -0.2) is 4.79 Å². The van der Waals surface area contributed by atoms with E-state index >= 15 is 0 Å². The van der Waals surface area contributed by atoms with Crippen LogP contribution in [0, 0.1) is 6.92 Å². The zero-order valence-corrected chi connectivity index (χ0v) is 25.1.